The number of hydrogen-bond donors (Lipinski definition) is 2. The summed E-state index contributed by atoms with van der Waals surface area (Å²) in [5, 5.41) is 7.71. The number of fused-ring (bicyclic) bond motifs is 1. The molecule has 0 saturated carbocycles. The Morgan fingerprint density at radius 2 is 1.88 bits per heavy atom. The molecule has 3 aromatic rings. The number of guanidine groups is 1. The molecule has 0 fully saturated rings. The molecule has 0 amide bonds. The summed E-state index contributed by atoms with van der Waals surface area (Å²) in [7, 11) is 3.44. The van der Waals surface area contributed by atoms with Gasteiger partial charge in [0.05, 0.1) is 13.7 Å². The molecule has 0 aliphatic carbocycles. The second kappa shape index (κ2) is 8.24. The monoisotopic (exact) mass is 337 g/mol. The molecule has 2 aromatic carbocycles. The van der Waals surface area contributed by atoms with E-state index in [9.17, 15) is 0 Å². The van der Waals surface area contributed by atoms with E-state index in [-0.39, 0.29) is 0 Å². The molecule has 130 valence electrons. The number of rotatable bonds is 6. The van der Waals surface area contributed by atoms with Crippen molar-refractivity contribution in [1.82, 2.24) is 10.6 Å². The molecule has 0 aliphatic rings. The van der Waals surface area contributed by atoms with E-state index in [0.717, 1.165) is 41.4 Å². The number of benzene rings is 2. The number of para-hydroxylation sites is 1. The van der Waals surface area contributed by atoms with Crippen LogP contribution in [0.2, 0.25) is 0 Å². The average Bonchev–Trinajstić information content (AvgIpc) is 3.08. The predicted octanol–water partition coefficient (Wildman–Crippen LogP) is 3.35. The molecule has 0 aliphatic heterocycles. The lowest BCUT2D eigenvalue weighted by atomic mass is 10.1. The largest absolute Gasteiger partial charge is 0.497 e. The molecular weight excluding hydrogens is 314 g/mol. The molecule has 0 bridgehead atoms. The smallest absolute Gasteiger partial charge is 0.191 e. The van der Waals surface area contributed by atoms with E-state index in [1.807, 2.05) is 42.5 Å². The van der Waals surface area contributed by atoms with Crippen molar-refractivity contribution in [2.75, 3.05) is 20.7 Å². The molecule has 5 nitrogen and oxygen atoms in total. The summed E-state index contributed by atoms with van der Waals surface area (Å²) in [5.41, 5.74) is 2.16. The van der Waals surface area contributed by atoms with Gasteiger partial charge in [-0.3, -0.25) is 4.99 Å². The van der Waals surface area contributed by atoms with Crippen molar-refractivity contribution in [2.24, 2.45) is 4.99 Å². The normalized spacial score (nSPS) is 11.5. The predicted molar refractivity (Wildman–Crippen MR) is 101 cm³/mol. The highest BCUT2D eigenvalue weighted by Crippen LogP contribution is 2.18. The lowest BCUT2D eigenvalue weighted by Crippen LogP contribution is -2.37. The Morgan fingerprint density at radius 1 is 1.08 bits per heavy atom. The van der Waals surface area contributed by atoms with Gasteiger partial charge in [0, 0.05) is 19.0 Å². The maximum absolute atomic E-state index is 5.80. The molecule has 0 unspecified atom stereocenters. The lowest BCUT2D eigenvalue weighted by Gasteiger charge is -2.11. The van der Waals surface area contributed by atoms with E-state index in [2.05, 4.69) is 27.8 Å². The molecule has 5 heteroatoms. The third-order valence-corrected chi connectivity index (χ3v) is 4.00. The van der Waals surface area contributed by atoms with Crippen LogP contribution in [0.1, 0.15) is 11.3 Å². The summed E-state index contributed by atoms with van der Waals surface area (Å²) in [4.78, 5) is 4.25. The lowest BCUT2D eigenvalue weighted by molar-refractivity contribution is 0.414. The van der Waals surface area contributed by atoms with Crippen molar-refractivity contribution in [3.05, 3.63) is 65.9 Å². The van der Waals surface area contributed by atoms with Crippen LogP contribution < -0.4 is 15.4 Å². The standard InChI is InChI=1S/C20H23N3O2/c1-21-20(22-12-11-15-7-9-17(24-2)10-8-15)23-14-18-13-16-5-3-4-6-19(16)25-18/h3-10,13H,11-12,14H2,1-2H3,(H2,21,22,23). The Hall–Kier alpha value is -2.95. The van der Waals surface area contributed by atoms with Crippen molar-refractivity contribution in [2.45, 2.75) is 13.0 Å². The van der Waals surface area contributed by atoms with Gasteiger partial charge in [-0.15, -0.1) is 0 Å². The minimum atomic E-state index is 0.594. The Kier molecular flexibility index (Phi) is 5.57. The fourth-order valence-electron chi connectivity index (χ4n) is 2.63. The van der Waals surface area contributed by atoms with Gasteiger partial charge in [0.2, 0.25) is 0 Å². The number of nitrogens with zero attached hydrogens (tertiary/aromatic N) is 1. The quantitative estimate of drug-likeness (QED) is 0.535. The average molecular weight is 337 g/mol. The third-order valence-electron chi connectivity index (χ3n) is 4.00. The number of hydrogen-bond acceptors (Lipinski definition) is 3. The topological polar surface area (TPSA) is 58.8 Å². The van der Waals surface area contributed by atoms with E-state index in [0.29, 0.717) is 6.54 Å². The minimum Gasteiger partial charge on any atom is -0.497 e. The first kappa shape index (κ1) is 16.9. The fourth-order valence-corrected chi connectivity index (χ4v) is 2.63. The Labute approximate surface area is 147 Å². The summed E-state index contributed by atoms with van der Waals surface area (Å²) in [6.07, 6.45) is 0.912. The number of methoxy groups -OCH3 is 1. The van der Waals surface area contributed by atoms with Gasteiger partial charge in [-0.1, -0.05) is 30.3 Å². The first-order valence-electron chi connectivity index (χ1n) is 8.33. The first-order valence-corrected chi connectivity index (χ1v) is 8.33. The van der Waals surface area contributed by atoms with Gasteiger partial charge in [0.15, 0.2) is 5.96 Å². The molecule has 0 atom stereocenters. The van der Waals surface area contributed by atoms with E-state index in [1.54, 1.807) is 14.2 Å². The highest BCUT2D eigenvalue weighted by molar-refractivity contribution is 5.80. The zero-order chi connectivity index (χ0) is 17.5. The van der Waals surface area contributed by atoms with Crippen LogP contribution in [-0.4, -0.2) is 26.7 Å². The maximum atomic E-state index is 5.80. The highest BCUT2D eigenvalue weighted by Gasteiger charge is 2.04. The second-order valence-corrected chi connectivity index (χ2v) is 5.70. The Balaban J connectivity index is 1.47. The van der Waals surface area contributed by atoms with Crippen LogP contribution in [0.4, 0.5) is 0 Å². The molecule has 25 heavy (non-hydrogen) atoms. The van der Waals surface area contributed by atoms with Gasteiger partial charge < -0.3 is 19.8 Å². The van der Waals surface area contributed by atoms with Gasteiger partial charge >= 0.3 is 0 Å². The van der Waals surface area contributed by atoms with E-state index >= 15 is 0 Å². The van der Waals surface area contributed by atoms with Gasteiger partial charge in [-0.2, -0.15) is 0 Å². The van der Waals surface area contributed by atoms with Crippen LogP contribution in [0.3, 0.4) is 0 Å². The molecule has 0 spiro atoms. The van der Waals surface area contributed by atoms with Crippen LogP contribution >= 0.6 is 0 Å². The van der Waals surface area contributed by atoms with E-state index < -0.39 is 0 Å². The number of ether oxygens (including phenoxy) is 1. The van der Waals surface area contributed by atoms with Gasteiger partial charge in [-0.05, 0) is 36.2 Å². The number of aliphatic imine (C=N–C) groups is 1. The van der Waals surface area contributed by atoms with Crippen LogP contribution in [0.25, 0.3) is 11.0 Å². The van der Waals surface area contributed by atoms with Gasteiger partial charge in [-0.25, -0.2) is 0 Å². The zero-order valence-electron chi connectivity index (χ0n) is 14.6. The molecule has 3 rings (SSSR count). The van der Waals surface area contributed by atoms with Crippen molar-refractivity contribution in [1.29, 1.82) is 0 Å². The van der Waals surface area contributed by atoms with Gasteiger partial charge in [0.25, 0.3) is 0 Å². The summed E-state index contributed by atoms with van der Waals surface area (Å²) >= 11 is 0. The summed E-state index contributed by atoms with van der Waals surface area (Å²) < 4.78 is 11.0. The third kappa shape index (κ3) is 4.53. The summed E-state index contributed by atoms with van der Waals surface area (Å²) in [6.45, 7) is 1.39. The van der Waals surface area contributed by atoms with Crippen LogP contribution in [0.5, 0.6) is 5.75 Å². The number of furan rings is 1. The van der Waals surface area contributed by atoms with E-state index in [1.165, 1.54) is 5.56 Å². The molecule has 0 radical (unpaired) electrons. The van der Waals surface area contributed by atoms with Crippen molar-refractivity contribution >= 4 is 16.9 Å². The van der Waals surface area contributed by atoms with Crippen LogP contribution in [0.15, 0.2) is 64.0 Å². The molecule has 2 N–H and O–H groups in total. The summed E-state index contributed by atoms with van der Waals surface area (Å²) in [6, 6.07) is 18.2. The molecule has 0 saturated heterocycles. The Morgan fingerprint density at radius 3 is 2.60 bits per heavy atom. The van der Waals surface area contributed by atoms with Crippen LogP contribution in [-0.2, 0) is 13.0 Å². The second-order valence-electron chi connectivity index (χ2n) is 5.70. The number of nitrogens with one attached hydrogen (secondary N) is 2. The fraction of sp³-hybridized carbons (Fsp3) is 0.250. The van der Waals surface area contributed by atoms with Gasteiger partial charge in [0.1, 0.15) is 17.1 Å². The van der Waals surface area contributed by atoms with E-state index in [4.69, 9.17) is 9.15 Å². The maximum Gasteiger partial charge on any atom is 0.191 e. The first-order chi connectivity index (χ1) is 12.3. The van der Waals surface area contributed by atoms with Crippen molar-refractivity contribution in [3.8, 4) is 5.75 Å². The molecule has 1 aromatic heterocycles. The van der Waals surface area contributed by atoms with Crippen LogP contribution in [0, 0.1) is 0 Å². The summed E-state index contributed by atoms with van der Waals surface area (Å²) in [5.74, 6) is 2.52. The molecular formula is C20H23N3O2. The van der Waals surface area contributed by atoms with Crippen molar-refractivity contribution < 1.29 is 9.15 Å². The van der Waals surface area contributed by atoms with Crippen molar-refractivity contribution in [3.63, 3.8) is 0 Å². The highest BCUT2D eigenvalue weighted by atomic mass is 16.5. The SMILES string of the molecule is CN=C(NCCc1ccc(OC)cc1)NCc1cc2ccccc2o1. The minimum absolute atomic E-state index is 0.594. The molecule has 1 heterocycles. The zero-order valence-corrected chi connectivity index (χ0v) is 14.6. The Bertz CT molecular complexity index is 805.